The van der Waals surface area contributed by atoms with Crippen LogP contribution in [0.25, 0.3) is 16.7 Å². The highest BCUT2D eigenvalue weighted by Crippen LogP contribution is 2.30. The highest BCUT2D eigenvalue weighted by molar-refractivity contribution is 6.30. The zero-order valence-electron chi connectivity index (χ0n) is 10.7. The number of anilines is 1. The van der Waals surface area contributed by atoms with E-state index in [0.29, 0.717) is 10.8 Å². The van der Waals surface area contributed by atoms with Crippen LogP contribution in [0.4, 0.5) is 5.82 Å². The Morgan fingerprint density at radius 3 is 2.74 bits per heavy atom. The maximum Gasteiger partial charge on any atom is 0.150 e. The summed E-state index contributed by atoms with van der Waals surface area (Å²) in [6.45, 7) is 4.07. The second-order valence-electron chi connectivity index (χ2n) is 4.48. The Kier molecular flexibility index (Phi) is 2.68. The molecule has 0 amide bonds. The molecular weight excluding hydrogens is 260 g/mol. The number of aryl methyl sites for hydroxylation is 1. The van der Waals surface area contributed by atoms with Gasteiger partial charge in [-0.2, -0.15) is 0 Å². The molecule has 4 nitrogen and oxygen atoms in total. The Morgan fingerprint density at radius 2 is 2.00 bits per heavy atom. The summed E-state index contributed by atoms with van der Waals surface area (Å²) in [6.07, 6.45) is 1.48. The fourth-order valence-corrected chi connectivity index (χ4v) is 2.54. The monoisotopic (exact) mass is 272 g/mol. The van der Waals surface area contributed by atoms with E-state index in [1.54, 1.807) is 0 Å². The van der Waals surface area contributed by atoms with Crippen LogP contribution in [-0.4, -0.2) is 14.5 Å². The highest BCUT2D eigenvalue weighted by Gasteiger charge is 2.16. The average molecular weight is 273 g/mol. The molecule has 0 saturated heterocycles. The number of benzene rings is 1. The second-order valence-corrected chi connectivity index (χ2v) is 4.92. The van der Waals surface area contributed by atoms with Crippen molar-refractivity contribution >= 4 is 28.5 Å². The molecule has 0 bridgehead atoms. The van der Waals surface area contributed by atoms with E-state index >= 15 is 0 Å². The van der Waals surface area contributed by atoms with Crippen LogP contribution in [0.3, 0.4) is 0 Å². The lowest BCUT2D eigenvalue weighted by Gasteiger charge is -2.08. The lowest BCUT2D eigenvalue weighted by molar-refractivity contribution is 1.01. The van der Waals surface area contributed by atoms with Gasteiger partial charge >= 0.3 is 0 Å². The lowest BCUT2D eigenvalue weighted by atomic mass is 10.2. The van der Waals surface area contributed by atoms with E-state index in [1.165, 1.54) is 6.33 Å². The largest absolute Gasteiger partial charge is 0.383 e. The zero-order valence-corrected chi connectivity index (χ0v) is 11.4. The Hall–Kier alpha value is -2.07. The van der Waals surface area contributed by atoms with Crippen LogP contribution in [-0.2, 0) is 0 Å². The molecule has 0 fully saturated rings. The van der Waals surface area contributed by atoms with Crippen LogP contribution in [0.15, 0.2) is 30.6 Å². The molecule has 5 heteroatoms. The van der Waals surface area contributed by atoms with Crippen LogP contribution < -0.4 is 5.73 Å². The van der Waals surface area contributed by atoms with Gasteiger partial charge in [-0.15, -0.1) is 0 Å². The predicted octanol–water partition coefficient (Wildman–Crippen LogP) is 3.27. The van der Waals surface area contributed by atoms with Crippen LogP contribution in [0.1, 0.15) is 11.3 Å². The number of hydrogen-bond acceptors (Lipinski definition) is 3. The summed E-state index contributed by atoms with van der Waals surface area (Å²) in [5, 5.41) is 1.60. The second kappa shape index (κ2) is 4.24. The van der Waals surface area contributed by atoms with Crippen molar-refractivity contribution in [1.82, 2.24) is 14.5 Å². The molecule has 96 valence electrons. The number of fused-ring (bicyclic) bond motifs is 1. The van der Waals surface area contributed by atoms with Crippen LogP contribution in [0, 0.1) is 13.8 Å². The maximum absolute atomic E-state index is 6.07. The number of hydrogen-bond donors (Lipinski definition) is 1. The zero-order chi connectivity index (χ0) is 13.6. The Balaban J connectivity index is 2.42. The molecule has 0 spiro atoms. The van der Waals surface area contributed by atoms with Gasteiger partial charge in [-0.05, 0) is 37.6 Å². The summed E-state index contributed by atoms with van der Waals surface area (Å²) in [5.41, 5.74) is 9.92. The van der Waals surface area contributed by atoms with Crippen molar-refractivity contribution in [3.8, 4) is 5.69 Å². The van der Waals surface area contributed by atoms with E-state index in [9.17, 15) is 0 Å². The Labute approximate surface area is 115 Å². The number of halogens is 1. The molecule has 0 aliphatic heterocycles. The molecule has 0 unspecified atom stereocenters. The van der Waals surface area contributed by atoms with Crippen molar-refractivity contribution in [2.24, 2.45) is 0 Å². The van der Waals surface area contributed by atoms with E-state index in [1.807, 2.05) is 38.1 Å². The number of nitrogens with two attached hydrogens (primary N) is 1. The van der Waals surface area contributed by atoms with Gasteiger partial charge in [0.25, 0.3) is 0 Å². The maximum atomic E-state index is 6.07. The molecule has 0 aliphatic carbocycles. The molecule has 0 aliphatic rings. The summed E-state index contributed by atoms with van der Waals surface area (Å²) >= 11 is 6.07. The topological polar surface area (TPSA) is 56.7 Å². The first-order valence-corrected chi connectivity index (χ1v) is 6.31. The van der Waals surface area contributed by atoms with Gasteiger partial charge < -0.3 is 5.73 Å². The highest BCUT2D eigenvalue weighted by atomic mass is 35.5. The van der Waals surface area contributed by atoms with Gasteiger partial charge in [0.05, 0.1) is 5.39 Å². The minimum atomic E-state index is 0.506. The third-order valence-electron chi connectivity index (χ3n) is 3.39. The van der Waals surface area contributed by atoms with Crippen molar-refractivity contribution in [2.45, 2.75) is 13.8 Å². The molecule has 2 heterocycles. The van der Waals surface area contributed by atoms with Crippen molar-refractivity contribution in [3.05, 3.63) is 46.9 Å². The minimum Gasteiger partial charge on any atom is -0.383 e. The first-order valence-electron chi connectivity index (χ1n) is 5.93. The molecule has 0 radical (unpaired) electrons. The normalized spacial score (nSPS) is 11.1. The number of nitrogen functional groups attached to an aromatic ring is 1. The Bertz CT molecular complexity index is 776. The fourth-order valence-electron chi connectivity index (χ4n) is 2.36. The van der Waals surface area contributed by atoms with Crippen LogP contribution >= 0.6 is 11.6 Å². The fraction of sp³-hybridized carbons (Fsp3) is 0.143. The summed E-state index contributed by atoms with van der Waals surface area (Å²) in [7, 11) is 0. The molecule has 3 rings (SSSR count). The van der Waals surface area contributed by atoms with Crippen LogP contribution in [0.2, 0.25) is 5.02 Å². The number of rotatable bonds is 1. The first-order chi connectivity index (χ1) is 9.09. The molecule has 19 heavy (non-hydrogen) atoms. The summed E-state index contributed by atoms with van der Waals surface area (Å²) in [6, 6.07) is 7.67. The lowest BCUT2D eigenvalue weighted by Crippen LogP contribution is -1.99. The van der Waals surface area contributed by atoms with Gasteiger partial charge in [-0.1, -0.05) is 17.7 Å². The summed E-state index contributed by atoms with van der Waals surface area (Å²) < 4.78 is 2.05. The van der Waals surface area contributed by atoms with Crippen molar-refractivity contribution in [1.29, 1.82) is 0 Å². The van der Waals surface area contributed by atoms with E-state index in [0.717, 1.165) is 28.0 Å². The van der Waals surface area contributed by atoms with Gasteiger partial charge in [-0.3, -0.25) is 4.57 Å². The predicted molar refractivity (Wildman–Crippen MR) is 77.8 cm³/mol. The molecule has 0 saturated carbocycles. The smallest absolute Gasteiger partial charge is 0.150 e. The van der Waals surface area contributed by atoms with Gasteiger partial charge in [0.2, 0.25) is 0 Å². The third kappa shape index (κ3) is 1.76. The van der Waals surface area contributed by atoms with E-state index in [2.05, 4.69) is 14.5 Å². The molecule has 1 aromatic carbocycles. The number of nitrogens with zero attached hydrogens (tertiary/aromatic N) is 3. The quantitative estimate of drug-likeness (QED) is 0.740. The SMILES string of the molecule is Cc1c(C)n(-c2cccc(Cl)c2)c2ncnc(N)c12. The third-order valence-corrected chi connectivity index (χ3v) is 3.62. The standard InChI is InChI=1S/C14H13ClN4/c1-8-9(2)19(11-5-3-4-10(15)6-11)14-12(8)13(16)17-7-18-14/h3-7H,1-2H3,(H2,16,17,18). The molecule has 2 aromatic heterocycles. The van der Waals surface area contributed by atoms with Crippen molar-refractivity contribution in [3.63, 3.8) is 0 Å². The molecule has 0 atom stereocenters. The molecular formula is C14H13ClN4. The van der Waals surface area contributed by atoms with Crippen molar-refractivity contribution < 1.29 is 0 Å². The molecule has 2 N–H and O–H groups in total. The van der Waals surface area contributed by atoms with Gasteiger partial charge in [-0.25, -0.2) is 9.97 Å². The van der Waals surface area contributed by atoms with E-state index < -0.39 is 0 Å². The van der Waals surface area contributed by atoms with Gasteiger partial charge in [0.15, 0.2) is 5.65 Å². The minimum absolute atomic E-state index is 0.506. The molecule has 3 aromatic rings. The van der Waals surface area contributed by atoms with E-state index in [-0.39, 0.29) is 0 Å². The van der Waals surface area contributed by atoms with Crippen molar-refractivity contribution in [2.75, 3.05) is 5.73 Å². The van der Waals surface area contributed by atoms with Gasteiger partial charge in [0.1, 0.15) is 12.1 Å². The van der Waals surface area contributed by atoms with E-state index in [4.69, 9.17) is 17.3 Å². The van der Waals surface area contributed by atoms with Gasteiger partial charge in [0, 0.05) is 16.4 Å². The number of aromatic nitrogens is 3. The van der Waals surface area contributed by atoms with Crippen LogP contribution in [0.5, 0.6) is 0 Å². The first kappa shape index (κ1) is 12.0. The summed E-state index contributed by atoms with van der Waals surface area (Å²) in [5.74, 6) is 0.506. The summed E-state index contributed by atoms with van der Waals surface area (Å²) in [4.78, 5) is 8.42. The average Bonchev–Trinajstić information content (AvgIpc) is 2.63. The Morgan fingerprint density at radius 1 is 1.21 bits per heavy atom.